The second-order valence-electron chi connectivity index (χ2n) is 5.81. The third kappa shape index (κ3) is 2.94. The molecule has 0 atom stereocenters. The number of fused-ring (bicyclic) bond motifs is 1. The lowest BCUT2D eigenvalue weighted by Crippen LogP contribution is -2.06. The number of nitrogens with one attached hydrogen (secondary N) is 1. The smallest absolute Gasteiger partial charge is 0.199 e. The minimum absolute atomic E-state index is 0.335. The fourth-order valence-corrected chi connectivity index (χ4v) is 3.23. The number of rotatable bonds is 4. The van der Waals surface area contributed by atoms with Crippen LogP contribution in [0.1, 0.15) is 11.4 Å². The normalized spacial score (nSPS) is 10.9. The van der Waals surface area contributed by atoms with Gasteiger partial charge < -0.3 is 4.74 Å². The highest BCUT2D eigenvalue weighted by molar-refractivity contribution is 7.71. The van der Waals surface area contributed by atoms with E-state index in [4.69, 9.17) is 17.0 Å². The maximum atomic E-state index is 6.06. The summed E-state index contributed by atoms with van der Waals surface area (Å²) in [5, 5.41) is 9.58. The van der Waals surface area contributed by atoms with E-state index in [1.165, 1.54) is 10.8 Å². The van der Waals surface area contributed by atoms with Crippen molar-refractivity contribution in [2.24, 2.45) is 0 Å². The van der Waals surface area contributed by atoms with Gasteiger partial charge in [0, 0.05) is 5.69 Å². The highest BCUT2D eigenvalue weighted by Gasteiger charge is 2.10. The molecule has 0 spiro atoms. The van der Waals surface area contributed by atoms with E-state index in [0.717, 1.165) is 22.8 Å². The number of aromatic nitrogens is 3. The molecule has 0 fully saturated rings. The van der Waals surface area contributed by atoms with E-state index in [1.54, 1.807) is 0 Å². The number of para-hydroxylation sites is 1. The molecule has 0 saturated heterocycles. The molecule has 0 unspecified atom stereocenters. The Hall–Kier alpha value is -2.92. The van der Waals surface area contributed by atoms with Crippen LogP contribution in [0.25, 0.3) is 16.5 Å². The number of H-pyrrole nitrogens is 1. The van der Waals surface area contributed by atoms with Crippen LogP contribution < -0.4 is 4.74 Å². The quantitative estimate of drug-likeness (QED) is 0.530. The van der Waals surface area contributed by atoms with E-state index in [2.05, 4.69) is 35.3 Å². The van der Waals surface area contributed by atoms with Crippen molar-refractivity contribution < 1.29 is 4.74 Å². The number of hydrogen-bond donors (Lipinski definition) is 1. The Morgan fingerprint density at radius 3 is 2.60 bits per heavy atom. The number of ether oxygens (including phenoxy) is 1. The molecule has 1 heterocycles. The summed E-state index contributed by atoms with van der Waals surface area (Å²) < 4.78 is 8.51. The van der Waals surface area contributed by atoms with Gasteiger partial charge in [0.1, 0.15) is 12.4 Å². The molecule has 0 aliphatic carbocycles. The maximum Gasteiger partial charge on any atom is 0.199 e. The van der Waals surface area contributed by atoms with Crippen LogP contribution in [-0.2, 0) is 6.61 Å². The van der Waals surface area contributed by atoms with E-state index >= 15 is 0 Å². The van der Waals surface area contributed by atoms with Crippen LogP contribution in [-0.4, -0.2) is 14.8 Å². The summed E-state index contributed by atoms with van der Waals surface area (Å²) in [5.74, 6) is 1.59. The van der Waals surface area contributed by atoms with Gasteiger partial charge in [0.2, 0.25) is 0 Å². The van der Waals surface area contributed by atoms with Gasteiger partial charge >= 0.3 is 0 Å². The Balaban J connectivity index is 1.65. The molecular weight excluding hydrogens is 330 g/mol. The Labute approximate surface area is 150 Å². The molecule has 4 nitrogen and oxygen atoms in total. The zero-order chi connectivity index (χ0) is 17.2. The van der Waals surface area contributed by atoms with Crippen LogP contribution in [0.2, 0.25) is 0 Å². The van der Waals surface area contributed by atoms with Crippen LogP contribution >= 0.6 is 12.2 Å². The van der Waals surface area contributed by atoms with Gasteiger partial charge in [0.15, 0.2) is 10.6 Å². The second kappa shape index (κ2) is 6.53. The fourth-order valence-electron chi connectivity index (χ4n) is 2.98. The molecule has 25 heavy (non-hydrogen) atoms. The van der Waals surface area contributed by atoms with Crippen molar-refractivity contribution in [2.45, 2.75) is 13.5 Å². The van der Waals surface area contributed by atoms with Gasteiger partial charge in [-0.1, -0.05) is 48.5 Å². The first kappa shape index (κ1) is 15.6. The van der Waals surface area contributed by atoms with Crippen molar-refractivity contribution in [1.82, 2.24) is 14.8 Å². The maximum absolute atomic E-state index is 6.06. The molecule has 0 aliphatic rings. The topological polar surface area (TPSA) is 42.8 Å². The molecule has 0 saturated carbocycles. The molecule has 4 aromatic rings. The Kier molecular flexibility index (Phi) is 4.07. The van der Waals surface area contributed by atoms with Gasteiger partial charge in [-0.2, -0.15) is 5.10 Å². The number of nitrogens with zero attached hydrogens (tertiary/aromatic N) is 2. The van der Waals surface area contributed by atoms with Crippen molar-refractivity contribution in [1.29, 1.82) is 0 Å². The Morgan fingerprint density at radius 1 is 1.00 bits per heavy atom. The van der Waals surface area contributed by atoms with Gasteiger partial charge in [-0.3, -0.25) is 9.67 Å². The van der Waals surface area contributed by atoms with Crippen LogP contribution in [0.4, 0.5) is 0 Å². The van der Waals surface area contributed by atoms with Crippen LogP contribution in [0.3, 0.4) is 0 Å². The van der Waals surface area contributed by atoms with Crippen LogP contribution in [0.15, 0.2) is 66.7 Å². The first-order chi connectivity index (χ1) is 12.2. The van der Waals surface area contributed by atoms with Gasteiger partial charge in [-0.25, -0.2) is 0 Å². The number of aromatic amines is 1. The summed E-state index contributed by atoms with van der Waals surface area (Å²) in [6.07, 6.45) is 0. The molecule has 3 aromatic carbocycles. The van der Waals surface area contributed by atoms with E-state index in [0.29, 0.717) is 11.4 Å². The van der Waals surface area contributed by atoms with Crippen molar-refractivity contribution in [3.63, 3.8) is 0 Å². The molecule has 1 N–H and O–H groups in total. The predicted molar refractivity (Wildman–Crippen MR) is 102 cm³/mol. The first-order valence-electron chi connectivity index (χ1n) is 8.07. The fraction of sp³-hybridized carbons (Fsp3) is 0.100. The molecular formula is C20H17N3OS. The average molecular weight is 347 g/mol. The molecule has 0 radical (unpaired) electrons. The lowest BCUT2D eigenvalue weighted by atomic mass is 10.0. The zero-order valence-electron chi connectivity index (χ0n) is 13.8. The second-order valence-corrected chi connectivity index (χ2v) is 6.20. The van der Waals surface area contributed by atoms with Gasteiger partial charge in [0.25, 0.3) is 0 Å². The number of hydrogen-bond acceptors (Lipinski definition) is 3. The molecule has 0 bridgehead atoms. The lowest BCUT2D eigenvalue weighted by Gasteiger charge is -2.12. The first-order valence-corrected chi connectivity index (χ1v) is 8.48. The van der Waals surface area contributed by atoms with Crippen LogP contribution in [0, 0.1) is 11.7 Å². The highest BCUT2D eigenvalue weighted by Crippen LogP contribution is 2.27. The summed E-state index contributed by atoms with van der Waals surface area (Å²) in [4.78, 5) is 0. The average Bonchev–Trinajstić information content (AvgIpc) is 3.03. The summed E-state index contributed by atoms with van der Waals surface area (Å²) in [6.45, 7) is 2.41. The van der Waals surface area contributed by atoms with Crippen LogP contribution in [0.5, 0.6) is 5.75 Å². The van der Waals surface area contributed by atoms with Gasteiger partial charge in [0.05, 0.1) is 0 Å². The predicted octanol–water partition coefficient (Wildman–Crippen LogP) is 4.97. The minimum Gasteiger partial charge on any atom is -0.485 e. The van der Waals surface area contributed by atoms with E-state index < -0.39 is 0 Å². The van der Waals surface area contributed by atoms with Crippen molar-refractivity contribution >= 4 is 23.0 Å². The molecule has 0 amide bonds. The third-order valence-electron chi connectivity index (χ3n) is 4.26. The standard InChI is InChI=1S/C20H17N3OS/c1-14-17-10-6-5-7-15(17)11-12-18(14)24-13-19-21-22-20(25)23(19)16-8-3-2-4-9-16/h2-12H,13H2,1H3,(H,22,25). The van der Waals surface area contributed by atoms with E-state index in [1.807, 2.05) is 53.1 Å². The number of aryl methyl sites for hydroxylation is 1. The third-order valence-corrected chi connectivity index (χ3v) is 4.54. The molecule has 124 valence electrons. The summed E-state index contributed by atoms with van der Waals surface area (Å²) in [6, 6.07) is 22.3. The van der Waals surface area contributed by atoms with Crippen molar-refractivity contribution in [3.8, 4) is 11.4 Å². The summed E-state index contributed by atoms with van der Waals surface area (Å²) in [7, 11) is 0. The van der Waals surface area contributed by atoms with E-state index in [-0.39, 0.29) is 0 Å². The SMILES string of the molecule is Cc1c(OCc2n[nH]c(=S)n2-c2ccccc2)ccc2ccccc12. The monoisotopic (exact) mass is 347 g/mol. The molecule has 5 heteroatoms. The summed E-state index contributed by atoms with van der Waals surface area (Å²) in [5.41, 5.74) is 2.09. The molecule has 4 rings (SSSR count). The number of benzene rings is 3. The Bertz CT molecular complexity index is 1080. The van der Waals surface area contributed by atoms with Gasteiger partial charge in [-0.05, 0) is 53.7 Å². The van der Waals surface area contributed by atoms with E-state index in [9.17, 15) is 0 Å². The largest absolute Gasteiger partial charge is 0.485 e. The van der Waals surface area contributed by atoms with Gasteiger partial charge in [-0.15, -0.1) is 0 Å². The lowest BCUT2D eigenvalue weighted by molar-refractivity contribution is 0.292. The van der Waals surface area contributed by atoms with Crippen molar-refractivity contribution in [3.05, 3.63) is 82.9 Å². The minimum atomic E-state index is 0.335. The van der Waals surface area contributed by atoms with Crippen molar-refractivity contribution in [2.75, 3.05) is 0 Å². The molecule has 1 aromatic heterocycles. The highest BCUT2D eigenvalue weighted by atomic mass is 32.1. The Morgan fingerprint density at radius 2 is 1.76 bits per heavy atom. The zero-order valence-corrected chi connectivity index (χ0v) is 14.6. The molecule has 0 aliphatic heterocycles. The summed E-state index contributed by atoms with van der Waals surface area (Å²) >= 11 is 5.36.